The molecule has 5 heteroatoms. The van der Waals surface area contributed by atoms with E-state index in [2.05, 4.69) is 0 Å². The Morgan fingerprint density at radius 1 is 1.00 bits per heavy atom. The molecule has 1 N–H and O–H groups in total. The van der Waals surface area contributed by atoms with Crippen LogP contribution in [0.4, 0.5) is 0 Å². The van der Waals surface area contributed by atoms with Crippen molar-refractivity contribution in [3.8, 4) is 16.9 Å². The lowest BCUT2D eigenvalue weighted by Gasteiger charge is -2.17. The highest BCUT2D eigenvalue weighted by Crippen LogP contribution is 2.36. The Balaban J connectivity index is 2.80. The first-order chi connectivity index (χ1) is 11.5. The van der Waals surface area contributed by atoms with Gasteiger partial charge in [-0.05, 0) is 32.4 Å². The minimum Gasteiger partial charge on any atom is -0.508 e. The molecule has 0 aliphatic carbocycles. The van der Waals surface area contributed by atoms with Crippen LogP contribution in [0.25, 0.3) is 11.1 Å². The fourth-order valence-corrected chi connectivity index (χ4v) is 2.50. The summed E-state index contributed by atoms with van der Waals surface area (Å²) in [7, 11) is 0. The van der Waals surface area contributed by atoms with Gasteiger partial charge in [0.1, 0.15) is 5.75 Å². The summed E-state index contributed by atoms with van der Waals surface area (Å²) in [5, 5.41) is 10.2. The molecule has 0 amide bonds. The number of esters is 2. The molecule has 0 spiro atoms. The Morgan fingerprint density at radius 3 is 2.17 bits per heavy atom. The van der Waals surface area contributed by atoms with E-state index < -0.39 is 11.9 Å². The molecule has 0 heterocycles. The molecule has 0 saturated heterocycles. The van der Waals surface area contributed by atoms with E-state index in [1.165, 1.54) is 6.07 Å². The second-order valence-electron chi connectivity index (χ2n) is 5.13. The first-order valence-corrected chi connectivity index (χ1v) is 7.77. The highest BCUT2D eigenvalue weighted by molar-refractivity contribution is 6.07. The third kappa shape index (κ3) is 3.40. The maximum Gasteiger partial charge on any atom is 0.339 e. The van der Waals surface area contributed by atoms with Gasteiger partial charge in [-0.2, -0.15) is 0 Å². The first kappa shape index (κ1) is 17.5. The van der Waals surface area contributed by atoms with Gasteiger partial charge in [0.15, 0.2) is 0 Å². The van der Waals surface area contributed by atoms with Crippen molar-refractivity contribution in [3.63, 3.8) is 0 Å². The highest BCUT2D eigenvalue weighted by atomic mass is 16.5. The van der Waals surface area contributed by atoms with Gasteiger partial charge in [0, 0.05) is 11.1 Å². The number of hydrogen-bond donors (Lipinski definition) is 1. The summed E-state index contributed by atoms with van der Waals surface area (Å²) in [4.78, 5) is 24.8. The van der Waals surface area contributed by atoms with Crippen molar-refractivity contribution in [2.24, 2.45) is 0 Å². The molecule has 24 heavy (non-hydrogen) atoms. The summed E-state index contributed by atoms with van der Waals surface area (Å²) >= 11 is 0. The Bertz CT molecular complexity index is 750. The minimum atomic E-state index is -0.600. The molecule has 0 aliphatic heterocycles. The van der Waals surface area contributed by atoms with E-state index in [-0.39, 0.29) is 30.1 Å². The predicted molar refractivity (Wildman–Crippen MR) is 90.2 cm³/mol. The number of phenols is 1. The average molecular weight is 328 g/mol. The van der Waals surface area contributed by atoms with Crippen molar-refractivity contribution in [1.82, 2.24) is 0 Å². The van der Waals surface area contributed by atoms with E-state index in [0.717, 1.165) is 0 Å². The summed E-state index contributed by atoms with van der Waals surface area (Å²) in [5.41, 5.74) is 1.75. The van der Waals surface area contributed by atoms with Gasteiger partial charge >= 0.3 is 11.9 Å². The molecule has 2 aromatic rings. The van der Waals surface area contributed by atoms with Gasteiger partial charge in [-0.15, -0.1) is 0 Å². The van der Waals surface area contributed by atoms with Crippen LogP contribution in [0.1, 0.15) is 40.1 Å². The van der Waals surface area contributed by atoms with Gasteiger partial charge in [0.2, 0.25) is 0 Å². The number of hydrogen-bond acceptors (Lipinski definition) is 5. The van der Waals surface area contributed by atoms with Crippen molar-refractivity contribution < 1.29 is 24.2 Å². The molecule has 0 atom stereocenters. The summed E-state index contributed by atoms with van der Waals surface area (Å²) < 4.78 is 10.2. The van der Waals surface area contributed by atoms with Crippen molar-refractivity contribution in [2.45, 2.75) is 20.8 Å². The Labute approximate surface area is 140 Å². The van der Waals surface area contributed by atoms with Crippen LogP contribution in [0.5, 0.6) is 5.75 Å². The lowest BCUT2D eigenvalue weighted by molar-refractivity contribution is 0.0525. The van der Waals surface area contributed by atoms with E-state index in [0.29, 0.717) is 16.7 Å². The van der Waals surface area contributed by atoms with E-state index in [4.69, 9.17) is 9.47 Å². The zero-order valence-corrected chi connectivity index (χ0v) is 14.0. The molecular formula is C19H20O5. The molecule has 2 rings (SSSR count). The molecule has 5 nitrogen and oxygen atoms in total. The second kappa shape index (κ2) is 7.64. The summed E-state index contributed by atoms with van der Waals surface area (Å²) in [6.07, 6.45) is 0. The van der Waals surface area contributed by atoms with Crippen molar-refractivity contribution in [3.05, 3.63) is 53.1 Å². The maximum atomic E-state index is 12.5. The van der Waals surface area contributed by atoms with Gasteiger partial charge in [0.05, 0.1) is 24.3 Å². The lowest BCUT2D eigenvalue weighted by atomic mass is 9.90. The normalized spacial score (nSPS) is 10.3. The van der Waals surface area contributed by atoms with Crippen LogP contribution in [0, 0.1) is 6.92 Å². The summed E-state index contributed by atoms with van der Waals surface area (Å²) in [6, 6.07) is 10.4. The average Bonchev–Trinajstić information content (AvgIpc) is 2.57. The van der Waals surface area contributed by atoms with Crippen LogP contribution in [0.15, 0.2) is 36.4 Å². The Morgan fingerprint density at radius 2 is 1.58 bits per heavy atom. The van der Waals surface area contributed by atoms with Gasteiger partial charge < -0.3 is 14.6 Å². The quantitative estimate of drug-likeness (QED) is 0.847. The van der Waals surface area contributed by atoms with Gasteiger partial charge in [-0.1, -0.05) is 30.3 Å². The zero-order chi connectivity index (χ0) is 17.7. The number of carbonyl (C=O) groups is 2. The number of ether oxygens (including phenoxy) is 2. The number of aromatic hydroxyl groups is 1. The molecule has 0 saturated carbocycles. The molecule has 0 fully saturated rings. The van der Waals surface area contributed by atoms with Crippen molar-refractivity contribution in [2.75, 3.05) is 13.2 Å². The van der Waals surface area contributed by atoms with Crippen molar-refractivity contribution in [1.29, 1.82) is 0 Å². The van der Waals surface area contributed by atoms with E-state index >= 15 is 0 Å². The van der Waals surface area contributed by atoms with Gasteiger partial charge in [-0.25, -0.2) is 9.59 Å². The molecule has 0 aromatic heterocycles. The molecule has 126 valence electrons. The topological polar surface area (TPSA) is 72.8 Å². The SMILES string of the molecule is CCOC(=O)c1cc(O)c(C)c(C(=O)OCC)c1-c1ccccc1. The summed E-state index contributed by atoms with van der Waals surface area (Å²) in [6.45, 7) is 5.39. The highest BCUT2D eigenvalue weighted by Gasteiger charge is 2.26. The van der Waals surface area contributed by atoms with E-state index in [1.54, 1.807) is 45.0 Å². The smallest absolute Gasteiger partial charge is 0.339 e. The van der Waals surface area contributed by atoms with Crippen LogP contribution in [0.2, 0.25) is 0 Å². The van der Waals surface area contributed by atoms with Crippen LogP contribution in [-0.2, 0) is 9.47 Å². The Kier molecular flexibility index (Phi) is 5.58. The van der Waals surface area contributed by atoms with E-state index in [9.17, 15) is 14.7 Å². The van der Waals surface area contributed by atoms with Crippen LogP contribution in [-0.4, -0.2) is 30.3 Å². The predicted octanol–water partition coefficient (Wildman–Crippen LogP) is 3.72. The number of carbonyl (C=O) groups excluding carboxylic acids is 2. The lowest BCUT2D eigenvalue weighted by Crippen LogP contribution is -2.14. The molecule has 0 aliphatic rings. The first-order valence-electron chi connectivity index (χ1n) is 7.77. The van der Waals surface area contributed by atoms with Crippen molar-refractivity contribution >= 4 is 11.9 Å². The van der Waals surface area contributed by atoms with Crippen LogP contribution < -0.4 is 0 Å². The number of rotatable bonds is 5. The molecule has 0 bridgehead atoms. The molecular weight excluding hydrogens is 308 g/mol. The van der Waals surface area contributed by atoms with Crippen LogP contribution >= 0.6 is 0 Å². The third-order valence-electron chi connectivity index (χ3n) is 3.60. The fraction of sp³-hybridized carbons (Fsp3) is 0.263. The number of phenolic OH excluding ortho intramolecular Hbond substituents is 1. The standard InChI is InChI=1S/C19H20O5/c1-4-23-18(21)14-11-15(20)12(3)16(19(22)24-5-2)17(14)13-9-7-6-8-10-13/h6-11,20H,4-5H2,1-3H3. The molecule has 0 unspecified atom stereocenters. The largest absolute Gasteiger partial charge is 0.508 e. The van der Waals surface area contributed by atoms with Gasteiger partial charge in [0.25, 0.3) is 0 Å². The zero-order valence-electron chi connectivity index (χ0n) is 14.0. The Hall–Kier alpha value is -2.82. The minimum absolute atomic E-state index is 0.134. The van der Waals surface area contributed by atoms with Crippen LogP contribution in [0.3, 0.4) is 0 Å². The third-order valence-corrected chi connectivity index (χ3v) is 3.60. The number of benzene rings is 2. The molecule has 0 radical (unpaired) electrons. The fourth-order valence-electron chi connectivity index (χ4n) is 2.50. The monoisotopic (exact) mass is 328 g/mol. The van der Waals surface area contributed by atoms with Gasteiger partial charge in [-0.3, -0.25) is 0 Å². The van der Waals surface area contributed by atoms with E-state index in [1.807, 2.05) is 6.07 Å². The summed E-state index contributed by atoms with van der Waals surface area (Å²) in [5.74, 6) is -1.34. The molecule has 2 aromatic carbocycles. The second-order valence-corrected chi connectivity index (χ2v) is 5.13. The maximum absolute atomic E-state index is 12.5.